The van der Waals surface area contributed by atoms with Crippen molar-refractivity contribution >= 4 is 23.1 Å². The van der Waals surface area contributed by atoms with Crippen LogP contribution in [0.25, 0.3) is 5.65 Å². The third kappa shape index (κ3) is 3.64. The average molecular weight is 344 g/mol. The molecule has 2 aromatic carbocycles. The number of nitrogens with one attached hydrogen (secondary N) is 2. The Morgan fingerprint density at radius 3 is 2.58 bits per heavy atom. The second kappa shape index (κ2) is 6.98. The van der Waals surface area contributed by atoms with Gasteiger partial charge in [-0.15, -0.1) is 0 Å². The highest BCUT2D eigenvalue weighted by Crippen LogP contribution is 2.24. The smallest absolute Gasteiger partial charge is 0.323 e. The molecule has 0 radical (unpaired) electrons. The summed E-state index contributed by atoms with van der Waals surface area (Å²) in [5, 5.41) is 5.57. The largest absolute Gasteiger partial charge is 0.456 e. The first-order chi connectivity index (χ1) is 12.8. The minimum absolute atomic E-state index is 0.312. The molecule has 0 aliphatic rings. The summed E-state index contributed by atoms with van der Waals surface area (Å²) in [4.78, 5) is 16.3. The number of carbonyl (C=O) groups excluding carboxylic acids is 1. The zero-order valence-electron chi connectivity index (χ0n) is 13.8. The lowest BCUT2D eigenvalue weighted by Crippen LogP contribution is -2.19. The predicted molar refractivity (Wildman–Crippen MR) is 101 cm³/mol. The zero-order chi connectivity index (χ0) is 17.8. The van der Waals surface area contributed by atoms with Gasteiger partial charge < -0.3 is 19.8 Å². The third-order valence-electron chi connectivity index (χ3n) is 3.72. The van der Waals surface area contributed by atoms with E-state index >= 15 is 0 Å². The van der Waals surface area contributed by atoms with Crippen LogP contribution in [-0.2, 0) is 0 Å². The van der Waals surface area contributed by atoms with Gasteiger partial charge in [0, 0.05) is 29.8 Å². The number of pyridine rings is 1. The quantitative estimate of drug-likeness (QED) is 0.560. The molecule has 0 saturated carbocycles. The number of amides is 2. The van der Waals surface area contributed by atoms with E-state index in [2.05, 4.69) is 15.6 Å². The maximum Gasteiger partial charge on any atom is 0.323 e. The van der Waals surface area contributed by atoms with E-state index in [0.29, 0.717) is 17.2 Å². The Kier molecular flexibility index (Phi) is 4.22. The second-order valence-corrected chi connectivity index (χ2v) is 5.63. The lowest BCUT2D eigenvalue weighted by molar-refractivity contribution is 0.262. The van der Waals surface area contributed by atoms with Gasteiger partial charge in [-0.1, -0.05) is 24.3 Å². The van der Waals surface area contributed by atoms with Gasteiger partial charge in [-0.2, -0.15) is 0 Å². The summed E-state index contributed by atoms with van der Waals surface area (Å²) < 4.78 is 7.76. The number of fused-ring (bicyclic) bond motifs is 1. The molecule has 0 unspecified atom stereocenters. The summed E-state index contributed by atoms with van der Waals surface area (Å²) in [5.74, 6) is 1.31. The summed E-state index contributed by atoms with van der Waals surface area (Å²) >= 11 is 0. The summed E-state index contributed by atoms with van der Waals surface area (Å²) in [5.41, 5.74) is 2.22. The fraction of sp³-hybridized carbons (Fsp3) is 0. The number of nitrogens with zero attached hydrogens (tertiary/aromatic N) is 2. The summed E-state index contributed by atoms with van der Waals surface area (Å²) in [7, 11) is 0. The number of hydrogen-bond acceptors (Lipinski definition) is 3. The Balaban J connectivity index is 1.45. The number of imidazole rings is 1. The molecule has 2 amide bonds. The van der Waals surface area contributed by atoms with E-state index in [-0.39, 0.29) is 6.03 Å². The fourth-order valence-electron chi connectivity index (χ4n) is 2.55. The SMILES string of the molecule is O=C(Nc1ccccc1)Nc1cccc(Oc2ccc3nccn3c2)c1. The van der Waals surface area contributed by atoms with Crippen molar-refractivity contribution in [1.82, 2.24) is 9.38 Å². The third-order valence-corrected chi connectivity index (χ3v) is 3.72. The predicted octanol–water partition coefficient (Wildman–Crippen LogP) is 4.77. The van der Waals surface area contributed by atoms with Crippen molar-refractivity contribution in [2.75, 3.05) is 10.6 Å². The van der Waals surface area contributed by atoms with Crippen molar-refractivity contribution in [2.45, 2.75) is 0 Å². The van der Waals surface area contributed by atoms with Gasteiger partial charge in [-0.05, 0) is 36.4 Å². The van der Waals surface area contributed by atoms with Crippen LogP contribution in [0.4, 0.5) is 16.2 Å². The molecule has 0 aliphatic heterocycles. The summed E-state index contributed by atoms with van der Waals surface area (Å²) in [6, 6.07) is 19.9. The molecule has 0 saturated heterocycles. The lowest BCUT2D eigenvalue weighted by atomic mass is 10.3. The Bertz CT molecular complexity index is 1040. The summed E-state index contributed by atoms with van der Waals surface area (Å²) in [6.45, 7) is 0. The maximum atomic E-state index is 12.1. The molecule has 0 fully saturated rings. The average Bonchev–Trinajstić information content (AvgIpc) is 3.10. The van der Waals surface area contributed by atoms with Gasteiger partial charge in [-0.3, -0.25) is 0 Å². The molecule has 0 spiro atoms. The monoisotopic (exact) mass is 344 g/mol. The molecule has 128 valence electrons. The van der Waals surface area contributed by atoms with Crippen LogP contribution in [0, 0.1) is 0 Å². The Hall–Kier alpha value is -3.80. The van der Waals surface area contributed by atoms with Crippen LogP contribution >= 0.6 is 0 Å². The number of ether oxygens (including phenoxy) is 1. The lowest BCUT2D eigenvalue weighted by Gasteiger charge is -2.10. The first kappa shape index (κ1) is 15.7. The van der Waals surface area contributed by atoms with Gasteiger partial charge in [-0.25, -0.2) is 9.78 Å². The zero-order valence-corrected chi connectivity index (χ0v) is 13.8. The highest BCUT2D eigenvalue weighted by Gasteiger charge is 2.05. The molecular weight excluding hydrogens is 328 g/mol. The van der Waals surface area contributed by atoms with E-state index in [4.69, 9.17) is 4.74 Å². The number of urea groups is 1. The van der Waals surface area contributed by atoms with E-state index in [1.165, 1.54) is 0 Å². The molecule has 0 bridgehead atoms. The van der Waals surface area contributed by atoms with Gasteiger partial charge in [0.15, 0.2) is 0 Å². The number of para-hydroxylation sites is 1. The molecule has 6 nitrogen and oxygen atoms in total. The van der Waals surface area contributed by atoms with E-state index < -0.39 is 0 Å². The minimum atomic E-state index is -0.312. The van der Waals surface area contributed by atoms with E-state index in [9.17, 15) is 4.79 Å². The van der Waals surface area contributed by atoms with E-state index in [1.807, 2.05) is 71.4 Å². The van der Waals surface area contributed by atoms with Crippen LogP contribution < -0.4 is 15.4 Å². The maximum absolute atomic E-state index is 12.1. The van der Waals surface area contributed by atoms with Gasteiger partial charge in [0.25, 0.3) is 0 Å². The highest BCUT2D eigenvalue weighted by atomic mass is 16.5. The van der Waals surface area contributed by atoms with Crippen LogP contribution in [0.3, 0.4) is 0 Å². The Morgan fingerprint density at radius 1 is 0.885 bits per heavy atom. The van der Waals surface area contributed by atoms with Crippen LogP contribution in [-0.4, -0.2) is 15.4 Å². The van der Waals surface area contributed by atoms with Crippen LogP contribution in [0.2, 0.25) is 0 Å². The van der Waals surface area contributed by atoms with Crippen LogP contribution in [0.5, 0.6) is 11.5 Å². The molecule has 0 aliphatic carbocycles. The molecule has 2 aromatic heterocycles. The number of rotatable bonds is 4. The standard InChI is InChI=1S/C20H16N4O2/c25-20(22-15-5-2-1-3-6-15)23-16-7-4-8-17(13-16)26-18-9-10-19-21-11-12-24(19)14-18/h1-14H,(H2,22,23,25). The van der Waals surface area contributed by atoms with Crippen molar-refractivity contribution in [1.29, 1.82) is 0 Å². The van der Waals surface area contributed by atoms with Gasteiger partial charge >= 0.3 is 6.03 Å². The highest BCUT2D eigenvalue weighted by molar-refractivity contribution is 5.99. The van der Waals surface area contributed by atoms with Crippen molar-refractivity contribution in [3.05, 3.63) is 85.3 Å². The molecule has 2 N–H and O–H groups in total. The molecular formula is C20H16N4O2. The van der Waals surface area contributed by atoms with E-state index in [0.717, 1.165) is 11.3 Å². The molecule has 0 atom stereocenters. The number of carbonyl (C=O) groups is 1. The normalized spacial score (nSPS) is 10.5. The molecule has 4 aromatic rings. The Morgan fingerprint density at radius 2 is 1.69 bits per heavy atom. The number of benzene rings is 2. The van der Waals surface area contributed by atoms with Gasteiger partial charge in [0.1, 0.15) is 17.1 Å². The van der Waals surface area contributed by atoms with Gasteiger partial charge in [0.05, 0.1) is 6.20 Å². The first-order valence-corrected chi connectivity index (χ1v) is 8.10. The minimum Gasteiger partial charge on any atom is -0.456 e. The second-order valence-electron chi connectivity index (χ2n) is 5.63. The molecule has 26 heavy (non-hydrogen) atoms. The van der Waals surface area contributed by atoms with Crippen molar-refractivity contribution in [3.8, 4) is 11.5 Å². The number of aromatic nitrogens is 2. The Labute approximate surface area is 150 Å². The van der Waals surface area contributed by atoms with Crippen molar-refractivity contribution < 1.29 is 9.53 Å². The molecule has 2 heterocycles. The first-order valence-electron chi connectivity index (χ1n) is 8.10. The van der Waals surface area contributed by atoms with Crippen molar-refractivity contribution in [3.63, 3.8) is 0 Å². The molecule has 6 heteroatoms. The van der Waals surface area contributed by atoms with E-state index in [1.54, 1.807) is 18.3 Å². The molecule has 4 rings (SSSR count). The fourth-order valence-corrected chi connectivity index (χ4v) is 2.55. The van der Waals surface area contributed by atoms with Crippen LogP contribution in [0.1, 0.15) is 0 Å². The van der Waals surface area contributed by atoms with Gasteiger partial charge in [0.2, 0.25) is 0 Å². The number of anilines is 2. The summed E-state index contributed by atoms with van der Waals surface area (Å²) in [6.07, 6.45) is 5.44. The van der Waals surface area contributed by atoms with Crippen molar-refractivity contribution in [2.24, 2.45) is 0 Å². The number of hydrogen-bond donors (Lipinski definition) is 2. The topological polar surface area (TPSA) is 67.7 Å². The van der Waals surface area contributed by atoms with Crippen LogP contribution in [0.15, 0.2) is 85.3 Å².